The van der Waals surface area contributed by atoms with Gasteiger partial charge in [0, 0.05) is 33.5 Å². The summed E-state index contributed by atoms with van der Waals surface area (Å²) in [5, 5.41) is 7.38. The highest BCUT2D eigenvalue weighted by atomic mass is 15.2. The molecule has 0 radical (unpaired) electrons. The first-order chi connectivity index (χ1) is 24.3. The molecule has 8 aromatic carbocycles. The van der Waals surface area contributed by atoms with Crippen molar-refractivity contribution in [3.8, 4) is 0 Å². The molecule has 0 unspecified atom stereocenters. The highest BCUT2D eigenvalue weighted by molar-refractivity contribution is 6.24. The molecule has 2 heteroatoms. The number of rotatable bonds is 6. The first-order valence-electron chi connectivity index (χ1n) is 17.5. The molecule has 0 saturated heterocycles. The quantitative estimate of drug-likeness (QED) is 0.166. The molecule has 50 heavy (non-hydrogen) atoms. The third-order valence-corrected chi connectivity index (χ3v) is 10.6. The molecule has 0 aromatic heterocycles. The molecule has 244 valence electrons. The summed E-state index contributed by atoms with van der Waals surface area (Å²) in [6.45, 7) is 13.2. The molecule has 0 amide bonds. The number of hydrogen-bond donors (Lipinski definition) is 0. The van der Waals surface area contributed by atoms with Crippen LogP contribution < -0.4 is 9.80 Å². The Morgan fingerprint density at radius 3 is 0.980 bits per heavy atom. The van der Waals surface area contributed by atoms with Crippen molar-refractivity contribution in [3.05, 3.63) is 179 Å². The average molecular weight is 647 g/mol. The van der Waals surface area contributed by atoms with Gasteiger partial charge in [0.05, 0.1) is 11.4 Å². The molecule has 0 bridgehead atoms. The highest BCUT2D eigenvalue weighted by Gasteiger charge is 2.22. The monoisotopic (exact) mass is 646 g/mol. The number of hydrogen-bond acceptors (Lipinski definition) is 2. The lowest BCUT2D eigenvalue weighted by Gasteiger charge is -2.30. The van der Waals surface area contributed by atoms with Gasteiger partial charge in [-0.15, -0.1) is 0 Å². The van der Waals surface area contributed by atoms with E-state index in [2.05, 4.69) is 197 Å². The molecular formula is C48H42N2. The van der Waals surface area contributed by atoms with Crippen molar-refractivity contribution < 1.29 is 0 Å². The van der Waals surface area contributed by atoms with Gasteiger partial charge in [-0.05, 0) is 157 Å². The number of benzene rings is 8. The van der Waals surface area contributed by atoms with Gasteiger partial charge in [-0.3, -0.25) is 0 Å². The van der Waals surface area contributed by atoms with Gasteiger partial charge in [0.2, 0.25) is 0 Å². The molecule has 0 spiro atoms. The highest BCUT2D eigenvalue weighted by Crippen LogP contribution is 2.48. The van der Waals surface area contributed by atoms with Crippen LogP contribution in [0.3, 0.4) is 0 Å². The first kappa shape index (κ1) is 31.4. The second-order valence-electron chi connectivity index (χ2n) is 13.8. The van der Waals surface area contributed by atoms with Gasteiger partial charge < -0.3 is 9.80 Å². The van der Waals surface area contributed by atoms with Crippen LogP contribution in [-0.2, 0) is 0 Å². The zero-order valence-electron chi connectivity index (χ0n) is 29.8. The van der Waals surface area contributed by atoms with Crippen molar-refractivity contribution in [2.75, 3.05) is 9.80 Å². The maximum absolute atomic E-state index is 2.45. The van der Waals surface area contributed by atoms with Gasteiger partial charge in [0.1, 0.15) is 0 Å². The Bertz CT molecular complexity index is 2510. The van der Waals surface area contributed by atoms with Crippen LogP contribution in [0.15, 0.2) is 146 Å². The predicted octanol–water partition coefficient (Wildman–Crippen LogP) is 13.9. The molecule has 8 rings (SSSR count). The lowest BCUT2D eigenvalue weighted by atomic mass is 9.93. The molecular weight excluding hydrogens is 605 g/mol. The molecule has 0 atom stereocenters. The fourth-order valence-electron chi connectivity index (χ4n) is 7.31. The number of fused-ring (bicyclic) bond motifs is 5. The maximum Gasteiger partial charge on any atom is 0.0546 e. The molecule has 0 N–H and O–H groups in total. The van der Waals surface area contributed by atoms with Gasteiger partial charge in [0.15, 0.2) is 0 Å². The summed E-state index contributed by atoms with van der Waals surface area (Å²) < 4.78 is 0. The van der Waals surface area contributed by atoms with Crippen LogP contribution in [0.4, 0.5) is 34.1 Å². The normalized spacial score (nSPS) is 11.4. The van der Waals surface area contributed by atoms with Crippen molar-refractivity contribution >= 4 is 66.4 Å². The lowest BCUT2D eigenvalue weighted by molar-refractivity contribution is 1.24. The first-order valence-corrected chi connectivity index (χ1v) is 17.5. The Kier molecular flexibility index (Phi) is 7.88. The zero-order valence-corrected chi connectivity index (χ0v) is 29.8. The summed E-state index contributed by atoms with van der Waals surface area (Å²) >= 11 is 0. The minimum absolute atomic E-state index is 1.14. The molecule has 0 heterocycles. The molecule has 0 aliphatic carbocycles. The van der Waals surface area contributed by atoms with Gasteiger partial charge in [-0.25, -0.2) is 0 Å². The number of anilines is 6. The van der Waals surface area contributed by atoms with E-state index in [0.29, 0.717) is 0 Å². The Balaban J connectivity index is 1.47. The van der Waals surface area contributed by atoms with Crippen molar-refractivity contribution in [2.45, 2.75) is 41.5 Å². The van der Waals surface area contributed by atoms with Gasteiger partial charge >= 0.3 is 0 Å². The molecule has 8 aromatic rings. The van der Waals surface area contributed by atoms with E-state index in [0.717, 1.165) is 22.7 Å². The predicted molar refractivity (Wildman–Crippen MR) is 217 cm³/mol. The summed E-state index contributed by atoms with van der Waals surface area (Å²) in [5.74, 6) is 0. The minimum atomic E-state index is 1.14. The Morgan fingerprint density at radius 2 is 0.600 bits per heavy atom. The van der Waals surface area contributed by atoms with Gasteiger partial charge in [0.25, 0.3) is 0 Å². The second-order valence-corrected chi connectivity index (χ2v) is 13.8. The van der Waals surface area contributed by atoms with Crippen LogP contribution in [-0.4, -0.2) is 0 Å². The van der Waals surface area contributed by atoms with E-state index in [1.807, 2.05) is 0 Å². The maximum atomic E-state index is 2.45. The van der Waals surface area contributed by atoms with Gasteiger partial charge in [-0.1, -0.05) is 84.9 Å². The number of aryl methyl sites for hydroxylation is 6. The average Bonchev–Trinajstić information content (AvgIpc) is 3.13. The van der Waals surface area contributed by atoms with E-state index >= 15 is 0 Å². The lowest BCUT2D eigenvalue weighted by Crippen LogP contribution is -2.12. The van der Waals surface area contributed by atoms with Crippen LogP contribution in [0.1, 0.15) is 33.4 Å². The summed E-state index contributed by atoms with van der Waals surface area (Å²) in [6, 6.07) is 53.9. The largest absolute Gasteiger partial charge is 0.310 e. The smallest absolute Gasteiger partial charge is 0.0546 e. The standard InChI is InChI=1S/C48H42N2/c1-31-20-23-38(26-34(31)4)49(37-14-8-7-9-15-37)47-29-45-42-17-11-13-19-44(42)48(30-46(45)41-16-10-12-18-43(41)47)50(39-24-21-32(2)35(5)27-39)40-25-22-33(3)36(6)28-40/h7-30H,1-6H3. The third kappa shape index (κ3) is 5.38. The van der Waals surface area contributed by atoms with Crippen LogP contribution in [0.2, 0.25) is 0 Å². The summed E-state index contributed by atoms with van der Waals surface area (Å²) in [7, 11) is 0. The molecule has 0 fully saturated rings. The zero-order chi connectivity index (χ0) is 34.5. The fraction of sp³-hybridized carbons (Fsp3) is 0.125. The fourth-order valence-corrected chi connectivity index (χ4v) is 7.31. The van der Waals surface area contributed by atoms with Crippen molar-refractivity contribution in [1.82, 2.24) is 0 Å². The Hall–Kier alpha value is -5.86. The molecule has 2 nitrogen and oxygen atoms in total. The van der Waals surface area contributed by atoms with E-state index in [-0.39, 0.29) is 0 Å². The molecule has 0 aliphatic rings. The van der Waals surface area contributed by atoms with Crippen molar-refractivity contribution in [2.24, 2.45) is 0 Å². The van der Waals surface area contributed by atoms with E-state index in [9.17, 15) is 0 Å². The van der Waals surface area contributed by atoms with Crippen LogP contribution in [0, 0.1) is 41.5 Å². The van der Waals surface area contributed by atoms with Gasteiger partial charge in [-0.2, -0.15) is 0 Å². The topological polar surface area (TPSA) is 6.48 Å². The van der Waals surface area contributed by atoms with Crippen LogP contribution in [0.25, 0.3) is 32.3 Å². The summed E-state index contributed by atoms with van der Waals surface area (Å²) in [5.41, 5.74) is 14.7. The van der Waals surface area contributed by atoms with Crippen LogP contribution >= 0.6 is 0 Å². The Morgan fingerprint density at radius 1 is 0.260 bits per heavy atom. The Labute approximate surface area is 295 Å². The van der Waals surface area contributed by atoms with E-state index in [1.165, 1.54) is 77.1 Å². The SMILES string of the molecule is Cc1ccc(N(c2ccccc2)c2cc3c4ccccc4c(N(c4ccc(C)c(C)c4)c4ccc(C)c(C)c4)cc3c3ccccc23)cc1C. The second kappa shape index (κ2) is 12.5. The number of para-hydroxylation sites is 1. The molecule has 0 aliphatic heterocycles. The summed E-state index contributed by atoms with van der Waals surface area (Å²) in [6.07, 6.45) is 0. The van der Waals surface area contributed by atoms with E-state index in [4.69, 9.17) is 0 Å². The molecule has 0 saturated carbocycles. The van der Waals surface area contributed by atoms with E-state index in [1.54, 1.807) is 0 Å². The van der Waals surface area contributed by atoms with E-state index < -0.39 is 0 Å². The summed E-state index contributed by atoms with van der Waals surface area (Å²) in [4.78, 5) is 4.88. The van der Waals surface area contributed by atoms with Crippen molar-refractivity contribution in [3.63, 3.8) is 0 Å². The number of nitrogens with zero attached hydrogens (tertiary/aromatic N) is 2. The van der Waals surface area contributed by atoms with Crippen LogP contribution in [0.5, 0.6) is 0 Å². The minimum Gasteiger partial charge on any atom is -0.310 e. The van der Waals surface area contributed by atoms with Crippen molar-refractivity contribution in [1.29, 1.82) is 0 Å². The third-order valence-electron chi connectivity index (χ3n) is 10.6.